The zero-order chi connectivity index (χ0) is 25.5. The van der Waals surface area contributed by atoms with Gasteiger partial charge in [0, 0.05) is 24.0 Å². The van der Waals surface area contributed by atoms with Crippen LogP contribution in [0.4, 0.5) is 0 Å². The van der Waals surface area contributed by atoms with Gasteiger partial charge >= 0.3 is 0 Å². The molecule has 1 saturated carbocycles. The molecule has 194 valence electrons. The molecule has 2 heterocycles. The molecule has 0 bridgehead atoms. The van der Waals surface area contributed by atoms with Crippen LogP contribution in [0.5, 0.6) is 5.75 Å². The fourth-order valence-electron chi connectivity index (χ4n) is 5.01. The van der Waals surface area contributed by atoms with Crippen molar-refractivity contribution >= 4 is 11.0 Å². The van der Waals surface area contributed by atoms with E-state index in [9.17, 15) is 5.26 Å². The number of aryl methyl sites for hydroxylation is 1. The average Bonchev–Trinajstić information content (AvgIpc) is 3.62. The molecule has 2 aliphatic rings. The Morgan fingerprint density at radius 3 is 2.67 bits per heavy atom. The number of rotatable bonds is 12. The van der Waals surface area contributed by atoms with Gasteiger partial charge in [0.2, 0.25) is 0 Å². The predicted octanol–water partition coefficient (Wildman–Crippen LogP) is 6.13. The Bertz CT molecular complexity index is 1110. The van der Waals surface area contributed by atoms with Gasteiger partial charge < -0.3 is 14.2 Å². The fraction of sp³-hybridized carbons (Fsp3) is 0.600. The summed E-state index contributed by atoms with van der Waals surface area (Å²) < 4.78 is 12.1. The van der Waals surface area contributed by atoms with Crippen molar-refractivity contribution in [3.8, 4) is 11.8 Å². The van der Waals surface area contributed by atoms with E-state index in [1.807, 2.05) is 6.92 Å². The lowest BCUT2D eigenvalue weighted by molar-refractivity contribution is 0.192. The molecule has 1 aliphatic heterocycles. The zero-order valence-corrected chi connectivity index (χ0v) is 22.6. The molecule has 0 radical (unpaired) electrons. The van der Waals surface area contributed by atoms with Crippen molar-refractivity contribution in [3.05, 3.63) is 46.7 Å². The molecule has 1 aromatic heterocycles. The van der Waals surface area contributed by atoms with Crippen molar-refractivity contribution in [1.82, 2.24) is 15.0 Å². The molecule has 0 N–H and O–H groups in total. The molecule has 2 fully saturated rings. The summed E-state index contributed by atoms with van der Waals surface area (Å²) in [6.07, 6.45) is 12.3. The van der Waals surface area contributed by atoms with Crippen molar-refractivity contribution in [2.75, 3.05) is 40.3 Å². The number of fused-ring (bicyclic) bond motifs is 1. The van der Waals surface area contributed by atoms with Gasteiger partial charge in [-0.05, 0) is 109 Å². The third-order valence-corrected chi connectivity index (χ3v) is 7.52. The minimum Gasteiger partial charge on any atom is -0.493 e. The number of nitrogens with zero attached hydrogens (tertiary/aromatic N) is 4. The molecule has 1 aromatic carbocycles. The van der Waals surface area contributed by atoms with Crippen LogP contribution in [0.25, 0.3) is 11.0 Å². The van der Waals surface area contributed by atoms with Crippen molar-refractivity contribution in [3.63, 3.8) is 0 Å². The Labute approximate surface area is 216 Å². The van der Waals surface area contributed by atoms with Crippen molar-refractivity contribution in [1.29, 1.82) is 5.26 Å². The van der Waals surface area contributed by atoms with Gasteiger partial charge in [-0.25, -0.2) is 0 Å². The number of likely N-dealkylation sites (tertiary alicyclic amines) is 1. The Hall–Kier alpha value is -2.62. The van der Waals surface area contributed by atoms with Crippen LogP contribution in [0.1, 0.15) is 63.6 Å². The maximum atomic E-state index is 9.35. The standard InChI is InChI=1S/C30H42N4O2/c1-5-6-7-25(22(2)18-31)19-34-16-14-23(15-17-34)10-12-28-26-11-13-29(35-21-24-8-9-24)27(20-33(3)4)30(26)36-32-28/h6-7,11,13,23-24H,5,8-10,12,14-17,19-21H2,1-4H3/b7-6-,25-22-. The van der Waals surface area contributed by atoms with Gasteiger partial charge in [-0.3, -0.25) is 4.90 Å². The van der Waals surface area contributed by atoms with Crippen LogP contribution in [0.3, 0.4) is 0 Å². The highest BCUT2D eigenvalue weighted by Crippen LogP contribution is 2.35. The summed E-state index contributed by atoms with van der Waals surface area (Å²) in [6, 6.07) is 6.58. The van der Waals surface area contributed by atoms with Crippen LogP contribution in [-0.2, 0) is 13.0 Å². The summed E-state index contributed by atoms with van der Waals surface area (Å²) in [5.74, 6) is 2.36. The first kappa shape index (κ1) is 26.4. The monoisotopic (exact) mass is 490 g/mol. The summed E-state index contributed by atoms with van der Waals surface area (Å²) in [4.78, 5) is 4.65. The van der Waals surface area contributed by atoms with Crippen LogP contribution in [-0.4, -0.2) is 55.3 Å². The second-order valence-electron chi connectivity index (χ2n) is 10.9. The normalized spacial score (nSPS) is 18.2. The first-order chi connectivity index (χ1) is 17.5. The van der Waals surface area contributed by atoms with Gasteiger partial charge in [0.1, 0.15) is 5.75 Å². The van der Waals surface area contributed by atoms with E-state index in [2.05, 4.69) is 66.3 Å². The molecule has 2 aromatic rings. The lowest BCUT2D eigenvalue weighted by atomic mass is 9.90. The van der Waals surface area contributed by atoms with Gasteiger partial charge in [-0.15, -0.1) is 0 Å². The highest BCUT2D eigenvalue weighted by atomic mass is 16.5. The van der Waals surface area contributed by atoms with Gasteiger partial charge in [-0.2, -0.15) is 5.26 Å². The van der Waals surface area contributed by atoms with Gasteiger partial charge in [0.05, 0.1) is 23.9 Å². The molecule has 1 aliphatic carbocycles. The number of nitriles is 1. The minimum atomic E-state index is 0.700. The number of ether oxygens (including phenoxy) is 1. The maximum absolute atomic E-state index is 9.35. The van der Waals surface area contributed by atoms with Gasteiger partial charge in [-0.1, -0.05) is 24.2 Å². The predicted molar refractivity (Wildman–Crippen MR) is 145 cm³/mol. The van der Waals surface area contributed by atoms with Crippen LogP contribution >= 0.6 is 0 Å². The van der Waals surface area contributed by atoms with Crippen molar-refractivity contribution in [2.24, 2.45) is 11.8 Å². The van der Waals surface area contributed by atoms with E-state index in [0.29, 0.717) is 5.92 Å². The second kappa shape index (κ2) is 12.6. The molecule has 4 rings (SSSR count). The quantitative estimate of drug-likeness (QED) is 0.263. The molecule has 0 amide bonds. The SMILES string of the molecule is CC/C=C\C(CN1CCC(CCc2noc3c(CN(C)C)c(OCC4CC4)ccc23)CC1)=C(/C)C#N. The highest BCUT2D eigenvalue weighted by Gasteiger charge is 2.25. The Morgan fingerprint density at radius 1 is 1.22 bits per heavy atom. The second-order valence-corrected chi connectivity index (χ2v) is 10.9. The molecule has 6 nitrogen and oxygen atoms in total. The molecule has 36 heavy (non-hydrogen) atoms. The van der Waals surface area contributed by atoms with Crippen molar-refractivity contribution in [2.45, 2.75) is 65.3 Å². The molecule has 6 heteroatoms. The summed E-state index contributed by atoms with van der Waals surface area (Å²) in [6.45, 7) is 8.67. The molecule has 0 unspecified atom stereocenters. The lowest BCUT2D eigenvalue weighted by Gasteiger charge is -2.32. The number of piperidine rings is 1. The fourth-order valence-corrected chi connectivity index (χ4v) is 5.01. The first-order valence-corrected chi connectivity index (χ1v) is 13.6. The highest BCUT2D eigenvalue weighted by molar-refractivity contribution is 5.84. The topological polar surface area (TPSA) is 65.5 Å². The van der Waals surface area contributed by atoms with Crippen molar-refractivity contribution < 1.29 is 9.26 Å². The smallest absolute Gasteiger partial charge is 0.175 e. The van der Waals surface area contributed by atoms with Crippen LogP contribution in [0, 0.1) is 23.2 Å². The number of hydrogen-bond donors (Lipinski definition) is 0. The van der Waals surface area contributed by atoms with E-state index in [1.54, 1.807) is 0 Å². The Kier molecular flexibility index (Phi) is 9.23. The Morgan fingerprint density at radius 2 is 2.00 bits per heavy atom. The van der Waals surface area contributed by atoms with E-state index in [4.69, 9.17) is 9.26 Å². The molecular weight excluding hydrogens is 448 g/mol. The molecule has 0 atom stereocenters. The summed E-state index contributed by atoms with van der Waals surface area (Å²) in [7, 11) is 4.15. The van der Waals surface area contributed by atoms with Gasteiger partial charge in [0.15, 0.2) is 5.58 Å². The van der Waals surface area contributed by atoms with Crippen LogP contribution in [0.2, 0.25) is 0 Å². The third kappa shape index (κ3) is 6.99. The van der Waals surface area contributed by atoms with Crippen LogP contribution in [0.15, 0.2) is 40.0 Å². The third-order valence-electron chi connectivity index (χ3n) is 7.52. The minimum absolute atomic E-state index is 0.700. The number of benzene rings is 1. The first-order valence-electron chi connectivity index (χ1n) is 13.6. The number of aromatic nitrogens is 1. The lowest BCUT2D eigenvalue weighted by Crippen LogP contribution is -2.35. The molecular formula is C30H42N4O2. The average molecular weight is 491 g/mol. The van der Waals surface area contributed by atoms with E-state index < -0.39 is 0 Å². The summed E-state index contributed by atoms with van der Waals surface area (Å²) >= 11 is 0. The molecule has 1 saturated heterocycles. The summed E-state index contributed by atoms with van der Waals surface area (Å²) in [5.41, 5.74) is 5.05. The Balaban J connectivity index is 1.35. The zero-order valence-electron chi connectivity index (χ0n) is 22.6. The van der Waals surface area contributed by atoms with E-state index in [0.717, 1.165) is 97.1 Å². The number of allylic oxidation sites excluding steroid dienone is 2. The van der Waals surface area contributed by atoms with Gasteiger partial charge in [0.25, 0.3) is 0 Å². The number of hydrogen-bond acceptors (Lipinski definition) is 6. The summed E-state index contributed by atoms with van der Waals surface area (Å²) in [5, 5.41) is 15.0. The van der Waals surface area contributed by atoms with Crippen LogP contribution < -0.4 is 4.74 Å². The molecule has 0 spiro atoms. The van der Waals surface area contributed by atoms with E-state index in [-0.39, 0.29) is 0 Å². The largest absolute Gasteiger partial charge is 0.493 e. The van der Waals surface area contributed by atoms with E-state index >= 15 is 0 Å². The maximum Gasteiger partial charge on any atom is 0.175 e. The van der Waals surface area contributed by atoms with E-state index in [1.165, 1.54) is 25.7 Å².